The predicted octanol–water partition coefficient (Wildman–Crippen LogP) is 9.22. The standard InChI is InChI=1S/C68H82N6O15S4.O3S/c1-65(2)50-22-18-36-71(37-19-41-90(78,79)80)64(50)70-57(65)24-16-25-60-68(7,8)63-49-21-15-23-56(93(87,88)89)48(49)32-35-55(63)74(60)39-13-9-11-28-61(75)69-45-46-30-33-53-51(43-46)66(3,4)58(73(53)40-20-42-91(81,82)83)26-17-27-59-67(5,6)52-44-47(92(84,85)86)31-34-54(52)72(59)38-14-10-12-29-62(76)77;1-4(2)3/h15-18,21-27,30-36,43-44H,9-14,19-20,28-29,37-42,45H2,1-8H3,(H4-2,69,75,76,77,78,79,80,81,82,83,84,85,86,87,88,89);. The summed E-state index contributed by atoms with van der Waals surface area (Å²) in [4.78, 5) is 33.7. The van der Waals surface area contributed by atoms with Crippen molar-refractivity contribution in [3.63, 3.8) is 0 Å². The van der Waals surface area contributed by atoms with Crippen LogP contribution in [0.3, 0.4) is 0 Å². The van der Waals surface area contributed by atoms with E-state index in [-0.39, 0.29) is 54.5 Å². The number of aliphatic carboxylic acids is 1. The van der Waals surface area contributed by atoms with Gasteiger partial charge in [0.15, 0.2) is 11.4 Å². The molecule has 0 aliphatic carbocycles. The Morgan fingerprint density at radius 2 is 1.23 bits per heavy atom. The zero-order valence-corrected chi connectivity index (χ0v) is 59.4. The third kappa shape index (κ3) is 17.5. The van der Waals surface area contributed by atoms with Crippen molar-refractivity contribution in [3.05, 3.63) is 161 Å². The van der Waals surface area contributed by atoms with Gasteiger partial charge in [0.25, 0.3) is 20.2 Å². The van der Waals surface area contributed by atoms with Crippen LogP contribution in [0.5, 0.6) is 0 Å². The van der Waals surface area contributed by atoms with Gasteiger partial charge in [-0.15, -0.1) is 12.6 Å². The lowest BCUT2D eigenvalue weighted by molar-refractivity contribution is -0.684. The van der Waals surface area contributed by atoms with Gasteiger partial charge < -0.3 is 29.3 Å². The van der Waals surface area contributed by atoms with Crippen molar-refractivity contribution in [2.45, 2.75) is 164 Å². The van der Waals surface area contributed by atoms with Gasteiger partial charge in [-0.05, 0) is 154 Å². The van der Waals surface area contributed by atoms with Gasteiger partial charge in [0.1, 0.15) is 11.4 Å². The molecule has 4 aromatic carbocycles. The first-order chi connectivity index (χ1) is 45.2. The Balaban J connectivity index is 0.00000292. The van der Waals surface area contributed by atoms with Crippen molar-refractivity contribution in [1.82, 2.24) is 5.32 Å². The molecule has 5 heterocycles. The number of nitrogens with one attached hydrogen (secondary N) is 1. The quantitative estimate of drug-likeness (QED) is 0.0206. The molecule has 4 aliphatic rings. The molecule has 5 aromatic rings. The first-order valence-corrected chi connectivity index (χ1v) is 38.7. The fourth-order valence-electron chi connectivity index (χ4n) is 13.7. The Morgan fingerprint density at radius 3 is 1.89 bits per heavy atom. The molecule has 0 fully saturated rings. The topological polar surface area (TPSA) is 366 Å². The molecular weight excluding hydrogens is 1350 g/mol. The number of rotatable bonds is 28. The zero-order chi connectivity index (χ0) is 71.4. The lowest BCUT2D eigenvalue weighted by Crippen LogP contribution is -2.35. The highest BCUT2D eigenvalue weighted by molar-refractivity contribution is 7.86. The van der Waals surface area contributed by atoms with Crippen molar-refractivity contribution in [1.29, 1.82) is 0 Å². The average molecular weight is 1430 g/mol. The number of amides is 1. The number of fused-ring (bicyclic) bond motifs is 6. The number of carbonyl (C=O) groups is 2. The van der Waals surface area contributed by atoms with E-state index in [2.05, 4.69) is 42.5 Å². The lowest BCUT2D eigenvalue weighted by Gasteiger charge is -2.27. The number of aromatic nitrogens is 1. The molecule has 9 rings (SSSR count). The number of benzene rings is 4. The van der Waals surface area contributed by atoms with E-state index in [0.717, 1.165) is 62.1 Å². The van der Waals surface area contributed by atoms with E-state index in [1.807, 2.05) is 122 Å². The SMILES string of the molecule is CC1(C)C(=CC=CC2=[N+](CCCCCC(=O)O)c3ccc(S(=O)(=O)O)cc3C2(C)C)N(CCCS(=O)(=O)[O-])c2ccc(CNC(=O)CCCCCN3/C(=C/C=C/C4=Nc5c(ccc[n+]5CCCS(=O)(=O)[O-])C4(C)C)C(C)(C)c4c3ccc3c(S(=O)(=O)O)cccc43)cc21.O=S(=O)=O. The zero-order valence-electron chi connectivity index (χ0n) is 55.3. The number of aryl methyl sites for hydroxylation is 1. The summed E-state index contributed by atoms with van der Waals surface area (Å²) in [5, 5.41) is 13.4. The van der Waals surface area contributed by atoms with Crippen LogP contribution in [0.15, 0.2) is 148 Å². The third-order valence-electron chi connectivity index (χ3n) is 18.5. The number of carboxylic acids is 1. The van der Waals surface area contributed by atoms with E-state index in [4.69, 9.17) is 17.6 Å². The summed E-state index contributed by atoms with van der Waals surface area (Å²) in [5.74, 6) is -1.38. The van der Waals surface area contributed by atoms with E-state index >= 15 is 0 Å². The maximum absolute atomic E-state index is 13.6. The molecule has 0 bridgehead atoms. The molecular formula is C68H82N6O18S5. The summed E-state index contributed by atoms with van der Waals surface area (Å²) in [5.41, 5.74) is 7.49. The van der Waals surface area contributed by atoms with Gasteiger partial charge in [-0.3, -0.25) is 18.7 Å². The van der Waals surface area contributed by atoms with Crippen LogP contribution in [0, 0.1) is 0 Å². The summed E-state index contributed by atoms with van der Waals surface area (Å²) in [6.07, 6.45) is 17.8. The number of aliphatic imine (C=N–C) groups is 1. The van der Waals surface area contributed by atoms with Crippen LogP contribution in [-0.4, -0.2) is 129 Å². The molecule has 97 heavy (non-hydrogen) atoms. The second-order valence-electron chi connectivity index (χ2n) is 26.6. The summed E-state index contributed by atoms with van der Waals surface area (Å²) >= 11 is 0. The number of allylic oxidation sites excluding steroid dienone is 8. The minimum Gasteiger partial charge on any atom is -0.748 e. The first kappa shape index (κ1) is 75.2. The van der Waals surface area contributed by atoms with E-state index in [1.54, 1.807) is 18.2 Å². The normalized spacial score (nSPS) is 17.6. The van der Waals surface area contributed by atoms with E-state index in [9.17, 15) is 66.6 Å². The number of pyridine rings is 1. The number of anilines is 2. The highest BCUT2D eigenvalue weighted by atomic mass is 32.2. The number of nitrogens with zero attached hydrogens (tertiary/aromatic N) is 5. The highest BCUT2D eigenvalue weighted by Gasteiger charge is 2.47. The van der Waals surface area contributed by atoms with Crippen LogP contribution >= 0.6 is 0 Å². The molecule has 0 unspecified atom stereocenters. The predicted molar refractivity (Wildman–Crippen MR) is 366 cm³/mol. The largest absolute Gasteiger partial charge is 0.748 e. The molecule has 0 radical (unpaired) electrons. The van der Waals surface area contributed by atoms with Crippen LogP contribution in [0.2, 0.25) is 0 Å². The van der Waals surface area contributed by atoms with E-state index < -0.39 is 90.2 Å². The molecule has 0 spiro atoms. The van der Waals surface area contributed by atoms with Gasteiger partial charge in [0.05, 0.1) is 54.3 Å². The molecule has 29 heteroatoms. The van der Waals surface area contributed by atoms with Gasteiger partial charge in [-0.25, -0.2) is 21.4 Å². The average Bonchev–Trinajstić information content (AvgIpc) is 1.62. The van der Waals surface area contributed by atoms with E-state index in [0.29, 0.717) is 80.3 Å². The van der Waals surface area contributed by atoms with E-state index in [1.165, 1.54) is 18.2 Å². The molecule has 1 amide bonds. The van der Waals surface area contributed by atoms with Gasteiger partial charge in [0.2, 0.25) is 11.6 Å². The maximum atomic E-state index is 13.6. The fraction of sp³-hybridized carbons (Fsp3) is 0.426. The number of hydrogen-bond acceptors (Lipinski definition) is 18. The van der Waals surface area contributed by atoms with Crippen LogP contribution in [0.25, 0.3) is 10.8 Å². The highest BCUT2D eigenvalue weighted by Crippen LogP contribution is 2.52. The van der Waals surface area contributed by atoms with Crippen molar-refractivity contribution in [2.75, 3.05) is 40.9 Å². The van der Waals surface area contributed by atoms with Crippen molar-refractivity contribution in [3.8, 4) is 0 Å². The van der Waals surface area contributed by atoms with Gasteiger partial charge >= 0.3 is 22.4 Å². The Kier molecular flexibility index (Phi) is 22.8. The minimum atomic E-state index is -4.56. The lowest BCUT2D eigenvalue weighted by atomic mass is 9.80. The second kappa shape index (κ2) is 29.5. The molecule has 0 saturated carbocycles. The molecule has 4 aliphatic heterocycles. The van der Waals surface area contributed by atoms with Crippen LogP contribution < -0.4 is 19.7 Å². The Bertz CT molecular complexity index is 4740. The fourth-order valence-corrected chi connectivity index (χ4v) is 15.9. The van der Waals surface area contributed by atoms with Gasteiger partial charge in [0, 0.05) is 107 Å². The second-order valence-corrected chi connectivity index (χ2v) is 32.9. The molecule has 522 valence electrons. The van der Waals surface area contributed by atoms with Crippen molar-refractivity contribution in [2.24, 2.45) is 4.99 Å². The number of hydrogen-bond donors (Lipinski definition) is 4. The monoisotopic (exact) mass is 1430 g/mol. The number of unbranched alkanes of at least 4 members (excludes halogenated alkanes) is 4. The van der Waals surface area contributed by atoms with Crippen molar-refractivity contribution < 1.29 is 88.3 Å². The number of carbonyl (C=O) groups excluding carboxylic acids is 1. The minimum absolute atomic E-state index is 0.0382. The molecule has 0 saturated heterocycles. The Labute approximate surface area is 569 Å². The summed E-state index contributed by atoms with van der Waals surface area (Å²) in [6.45, 7) is 18.1. The molecule has 1 aromatic heterocycles. The molecule has 0 atom stereocenters. The third-order valence-corrected chi connectivity index (χ3v) is 21.8. The summed E-state index contributed by atoms with van der Waals surface area (Å²) in [6, 6.07) is 22.7. The number of carboxylic acid groups (broad SMARTS) is 1. The smallest absolute Gasteiger partial charge is 0.425 e. The van der Waals surface area contributed by atoms with Crippen LogP contribution in [0.4, 0.5) is 22.9 Å². The maximum Gasteiger partial charge on any atom is 0.425 e. The molecule has 4 N–H and O–H groups in total. The van der Waals surface area contributed by atoms with Crippen LogP contribution in [0.1, 0.15) is 147 Å². The summed E-state index contributed by atoms with van der Waals surface area (Å²) < 4.78 is 169. The van der Waals surface area contributed by atoms with Crippen LogP contribution in [-0.2, 0) is 95.4 Å². The van der Waals surface area contributed by atoms with Crippen molar-refractivity contribution >= 4 is 108 Å². The first-order valence-electron chi connectivity index (χ1n) is 31.7. The molecule has 24 nitrogen and oxygen atoms in total. The Morgan fingerprint density at radius 1 is 0.608 bits per heavy atom. The summed E-state index contributed by atoms with van der Waals surface area (Å²) in [7, 11) is -21.1. The Hall–Kier alpha value is -7.61. The van der Waals surface area contributed by atoms with Gasteiger partial charge in [-0.1, -0.05) is 76.6 Å². The van der Waals surface area contributed by atoms with Gasteiger partial charge in [-0.2, -0.15) is 21.4 Å².